The average molecular weight is 252 g/mol. The van der Waals surface area contributed by atoms with Gasteiger partial charge in [-0.15, -0.1) is 0 Å². The number of nitro benzene ring substituents is 1. The molecule has 1 aliphatic rings. The van der Waals surface area contributed by atoms with E-state index in [1.807, 2.05) is 11.9 Å². The van der Waals surface area contributed by atoms with Gasteiger partial charge in [0.2, 0.25) is 5.82 Å². The number of benzene rings is 1. The van der Waals surface area contributed by atoms with E-state index in [4.69, 9.17) is 0 Å². The monoisotopic (exact) mass is 252 g/mol. The van der Waals surface area contributed by atoms with Crippen LogP contribution in [-0.2, 0) is 6.54 Å². The minimum atomic E-state index is -0.706. The van der Waals surface area contributed by atoms with Gasteiger partial charge < -0.3 is 4.90 Å². The van der Waals surface area contributed by atoms with Crippen molar-refractivity contribution < 1.29 is 9.31 Å². The van der Waals surface area contributed by atoms with Crippen LogP contribution in [0.4, 0.5) is 10.1 Å². The largest absolute Gasteiger partial charge is 0.305 e. The molecule has 0 N–H and O–H groups in total. The summed E-state index contributed by atoms with van der Waals surface area (Å²) in [4.78, 5) is 12.0. The van der Waals surface area contributed by atoms with Crippen molar-refractivity contribution in [2.75, 3.05) is 13.6 Å². The molecule has 0 atom stereocenters. The molecule has 0 heterocycles. The van der Waals surface area contributed by atoms with Crippen molar-refractivity contribution in [1.29, 1.82) is 0 Å². The second kappa shape index (κ2) is 5.44. The first kappa shape index (κ1) is 13.0. The Bertz CT molecular complexity index is 447. The Labute approximate surface area is 106 Å². The molecular weight excluding hydrogens is 235 g/mol. The van der Waals surface area contributed by atoms with Crippen LogP contribution in [0.3, 0.4) is 0 Å². The molecule has 4 nitrogen and oxygen atoms in total. The lowest BCUT2D eigenvalue weighted by atomic mass is 9.85. The number of hydrogen-bond acceptors (Lipinski definition) is 3. The summed E-state index contributed by atoms with van der Waals surface area (Å²) in [6.45, 7) is 1.35. The summed E-state index contributed by atoms with van der Waals surface area (Å²) < 4.78 is 13.8. The van der Waals surface area contributed by atoms with E-state index in [0.29, 0.717) is 18.0 Å². The molecule has 1 aromatic rings. The lowest BCUT2D eigenvalue weighted by molar-refractivity contribution is -0.387. The zero-order valence-corrected chi connectivity index (χ0v) is 10.4. The fourth-order valence-corrected chi connectivity index (χ4v) is 2.30. The summed E-state index contributed by atoms with van der Waals surface area (Å²) in [6, 6.07) is 4.35. The zero-order chi connectivity index (χ0) is 13.1. The van der Waals surface area contributed by atoms with Crippen molar-refractivity contribution in [3.05, 3.63) is 39.7 Å². The third kappa shape index (κ3) is 2.85. The predicted molar refractivity (Wildman–Crippen MR) is 66.7 cm³/mol. The van der Waals surface area contributed by atoms with E-state index in [1.54, 1.807) is 6.07 Å². The summed E-state index contributed by atoms with van der Waals surface area (Å²) in [5.74, 6) is -0.000260. The first-order valence-electron chi connectivity index (χ1n) is 6.18. The quantitative estimate of drug-likeness (QED) is 0.598. The predicted octanol–water partition coefficient (Wildman–Crippen LogP) is 2.97. The van der Waals surface area contributed by atoms with Gasteiger partial charge in [0.25, 0.3) is 0 Å². The van der Waals surface area contributed by atoms with Crippen LogP contribution in [0.25, 0.3) is 0 Å². The minimum Gasteiger partial charge on any atom is -0.302 e. The van der Waals surface area contributed by atoms with Crippen LogP contribution in [0, 0.1) is 21.8 Å². The highest BCUT2D eigenvalue weighted by Gasteiger charge is 2.21. The number of hydrogen-bond donors (Lipinski definition) is 0. The molecule has 1 aliphatic carbocycles. The Morgan fingerprint density at radius 2 is 2.22 bits per heavy atom. The molecule has 0 radical (unpaired) electrons. The highest BCUT2D eigenvalue weighted by molar-refractivity contribution is 5.36. The van der Waals surface area contributed by atoms with Crippen molar-refractivity contribution in [2.24, 2.45) is 5.92 Å². The van der Waals surface area contributed by atoms with E-state index in [-0.39, 0.29) is 0 Å². The molecular formula is C13H17FN2O2. The second-order valence-corrected chi connectivity index (χ2v) is 5.00. The lowest BCUT2D eigenvalue weighted by Gasteiger charge is -2.30. The van der Waals surface area contributed by atoms with Crippen molar-refractivity contribution >= 4 is 5.69 Å². The van der Waals surface area contributed by atoms with Crippen LogP contribution in [-0.4, -0.2) is 23.4 Å². The Morgan fingerprint density at radius 3 is 2.78 bits per heavy atom. The Balaban J connectivity index is 2.03. The first-order valence-corrected chi connectivity index (χ1v) is 6.18. The molecule has 0 aliphatic heterocycles. The highest BCUT2D eigenvalue weighted by atomic mass is 19.1. The SMILES string of the molecule is CN(Cc1cccc([N+](=O)[O-])c1F)CC1CCC1. The van der Waals surface area contributed by atoms with Gasteiger partial charge in [0.1, 0.15) is 0 Å². The van der Waals surface area contributed by atoms with Gasteiger partial charge in [-0.3, -0.25) is 10.1 Å². The molecule has 0 spiro atoms. The smallest absolute Gasteiger partial charge is 0.302 e. The normalized spacial score (nSPS) is 15.7. The van der Waals surface area contributed by atoms with Crippen molar-refractivity contribution in [3.8, 4) is 0 Å². The Kier molecular flexibility index (Phi) is 3.91. The maximum absolute atomic E-state index is 13.8. The number of rotatable bonds is 5. The summed E-state index contributed by atoms with van der Waals surface area (Å²) in [5, 5.41) is 10.6. The second-order valence-electron chi connectivity index (χ2n) is 5.00. The Hall–Kier alpha value is -1.49. The highest BCUT2D eigenvalue weighted by Crippen LogP contribution is 2.27. The van der Waals surface area contributed by atoms with Crippen LogP contribution < -0.4 is 0 Å². The Morgan fingerprint density at radius 1 is 1.50 bits per heavy atom. The molecule has 0 saturated heterocycles. The number of nitrogens with zero attached hydrogens (tertiary/aromatic N) is 2. The van der Waals surface area contributed by atoms with E-state index in [2.05, 4.69) is 0 Å². The average Bonchev–Trinajstić information content (AvgIpc) is 2.26. The van der Waals surface area contributed by atoms with Gasteiger partial charge in [-0.05, 0) is 25.8 Å². The fourth-order valence-electron chi connectivity index (χ4n) is 2.30. The number of nitro groups is 1. The first-order chi connectivity index (χ1) is 8.58. The summed E-state index contributed by atoms with van der Waals surface area (Å²) in [7, 11) is 1.93. The maximum Gasteiger partial charge on any atom is 0.305 e. The van der Waals surface area contributed by atoms with Crippen LogP contribution in [0.2, 0.25) is 0 Å². The van der Waals surface area contributed by atoms with E-state index in [1.165, 1.54) is 31.4 Å². The van der Waals surface area contributed by atoms with E-state index >= 15 is 0 Å². The van der Waals surface area contributed by atoms with Gasteiger partial charge in [0.05, 0.1) is 4.92 Å². The number of halogens is 1. The molecule has 0 amide bonds. The molecule has 1 fully saturated rings. The van der Waals surface area contributed by atoms with Gasteiger partial charge in [-0.2, -0.15) is 4.39 Å². The third-order valence-corrected chi connectivity index (χ3v) is 3.49. The molecule has 0 unspecified atom stereocenters. The standard InChI is InChI=1S/C13H17FN2O2/c1-15(8-10-4-2-5-10)9-11-6-3-7-12(13(11)14)16(17)18/h3,6-7,10H,2,4-5,8-9H2,1H3. The minimum absolute atomic E-state index is 0.394. The van der Waals surface area contributed by atoms with Crippen molar-refractivity contribution in [3.63, 3.8) is 0 Å². The van der Waals surface area contributed by atoms with Gasteiger partial charge in [-0.1, -0.05) is 18.6 Å². The van der Waals surface area contributed by atoms with Gasteiger partial charge in [-0.25, -0.2) is 0 Å². The van der Waals surface area contributed by atoms with E-state index in [9.17, 15) is 14.5 Å². The fraction of sp³-hybridized carbons (Fsp3) is 0.538. The molecule has 1 saturated carbocycles. The summed E-state index contributed by atoms with van der Waals surface area (Å²) in [6.07, 6.45) is 3.76. The molecule has 1 aromatic carbocycles. The van der Waals surface area contributed by atoms with Gasteiger partial charge >= 0.3 is 5.69 Å². The summed E-state index contributed by atoms with van der Waals surface area (Å²) in [5.41, 5.74) is -0.0458. The molecule has 5 heteroatoms. The molecule has 0 aromatic heterocycles. The van der Waals surface area contributed by atoms with Crippen molar-refractivity contribution in [2.45, 2.75) is 25.8 Å². The topological polar surface area (TPSA) is 46.4 Å². The van der Waals surface area contributed by atoms with Gasteiger partial charge in [0, 0.05) is 24.7 Å². The van der Waals surface area contributed by atoms with Crippen molar-refractivity contribution in [1.82, 2.24) is 4.90 Å². The van der Waals surface area contributed by atoms with Crippen LogP contribution in [0.1, 0.15) is 24.8 Å². The van der Waals surface area contributed by atoms with E-state index in [0.717, 1.165) is 6.54 Å². The van der Waals surface area contributed by atoms with Crippen LogP contribution in [0.15, 0.2) is 18.2 Å². The zero-order valence-electron chi connectivity index (χ0n) is 10.4. The van der Waals surface area contributed by atoms with E-state index < -0.39 is 16.4 Å². The third-order valence-electron chi connectivity index (χ3n) is 3.49. The molecule has 98 valence electrons. The summed E-state index contributed by atoms with van der Waals surface area (Å²) >= 11 is 0. The van der Waals surface area contributed by atoms with Crippen LogP contribution in [0.5, 0.6) is 0 Å². The maximum atomic E-state index is 13.8. The van der Waals surface area contributed by atoms with Gasteiger partial charge in [0.15, 0.2) is 0 Å². The molecule has 0 bridgehead atoms. The van der Waals surface area contributed by atoms with Crippen LogP contribution >= 0.6 is 0 Å². The molecule has 2 rings (SSSR count). The molecule has 18 heavy (non-hydrogen) atoms. The lowest BCUT2D eigenvalue weighted by Crippen LogP contribution is -2.29.